The molecule has 2 heterocycles. The van der Waals surface area contributed by atoms with Crippen LogP contribution < -0.4 is 10.6 Å². The number of hydrogen-bond donors (Lipinski definition) is 2. The van der Waals surface area contributed by atoms with Crippen LogP contribution in [0.3, 0.4) is 0 Å². The van der Waals surface area contributed by atoms with E-state index in [0.29, 0.717) is 25.9 Å². The number of thiophene rings is 1. The Hall–Kier alpha value is -1.89. The summed E-state index contributed by atoms with van der Waals surface area (Å²) in [5, 5.41) is 7.51. The second-order valence-corrected chi connectivity index (χ2v) is 7.30. The van der Waals surface area contributed by atoms with E-state index in [4.69, 9.17) is 0 Å². The normalized spacial score (nSPS) is 17.1. The lowest BCUT2D eigenvalue weighted by atomic mass is 10.2. The van der Waals surface area contributed by atoms with Gasteiger partial charge in [0.15, 0.2) is 0 Å². The Morgan fingerprint density at radius 1 is 1.38 bits per heavy atom. The predicted molar refractivity (Wildman–Crippen MR) is 93.7 cm³/mol. The zero-order valence-electron chi connectivity index (χ0n) is 14.2. The zero-order chi connectivity index (χ0) is 17.5. The Morgan fingerprint density at radius 3 is 2.83 bits per heavy atom. The van der Waals surface area contributed by atoms with Gasteiger partial charge in [-0.1, -0.05) is 6.07 Å². The van der Waals surface area contributed by atoms with Crippen molar-refractivity contribution in [1.82, 2.24) is 15.5 Å². The monoisotopic (exact) mass is 351 g/mol. The van der Waals surface area contributed by atoms with Gasteiger partial charge >= 0.3 is 0 Å². The highest BCUT2D eigenvalue weighted by Gasteiger charge is 2.33. The van der Waals surface area contributed by atoms with Gasteiger partial charge < -0.3 is 15.5 Å². The molecule has 1 aliphatic heterocycles. The molecule has 0 aromatic carbocycles. The Morgan fingerprint density at radius 2 is 2.17 bits per heavy atom. The van der Waals surface area contributed by atoms with E-state index in [9.17, 15) is 14.4 Å². The van der Waals surface area contributed by atoms with Crippen LogP contribution in [0, 0.1) is 0 Å². The van der Waals surface area contributed by atoms with Crippen LogP contribution in [0.2, 0.25) is 0 Å². The van der Waals surface area contributed by atoms with E-state index in [-0.39, 0.29) is 30.2 Å². The number of nitrogens with one attached hydrogen (secondary N) is 2. The minimum absolute atomic E-state index is 0.00680. The standard InChI is InChI=1S/C17H25N3O3S/c1-12(2)19-15(21)7-8-18-17(23)14-6-3-9-20(14)16(22)11-13-5-4-10-24-13/h4-5,10,12,14H,3,6-9,11H2,1-2H3,(H,18,23)(H,19,21). The van der Waals surface area contributed by atoms with E-state index in [2.05, 4.69) is 10.6 Å². The average molecular weight is 351 g/mol. The molecule has 1 fully saturated rings. The van der Waals surface area contributed by atoms with Gasteiger partial charge in [-0.05, 0) is 38.1 Å². The summed E-state index contributed by atoms with van der Waals surface area (Å²) in [5.74, 6) is -0.251. The Balaban J connectivity index is 1.80. The molecule has 24 heavy (non-hydrogen) atoms. The topological polar surface area (TPSA) is 78.5 Å². The highest BCUT2D eigenvalue weighted by atomic mass is 32.1. The van der Waals surface area contributed by atoms with E-state index in [1.807, 2.05) is 31.4 Å². The van der Waals surface area contributed by atoms with Crippen molar-refractivity contribution in [3.05, 3.63) is 22.4 Å². The Labute approximate surface area is 146 Å². The Kier molecular flexibility index (Phi) is 6.78. The summed E-state index contributed by atoms with van der Waals surface area (Å²) in [4.78, 5) is 39.0. The maximum Gasteiger partial charge on any atom is 0.242 e. The van der Waals surface area contributed by atoms with Crippen molar-refractivity contribution in [3.63, 3.8) is 0 Å². The van der Waals surface area contributed by atoms with Gasteiger partial charge in [-0.25, -0.2) is 0 Å². The number of carbonyl (C=O) groups excluding carboxylic acids is 3. The third-order valence-corrected chi connectivity index (χ3v) is 4.76. The van der Waals surface area contributed by atoms with Gasteiger partial charge in [0, 0.05) is 30.4 Å². The summed E-state index contributed by atoms with van der Waals surface area (Å²) in [6.07, 6.45) is 2.11. The summed E-state index contributed by atoms with van der Waals surface area (Å²) < 4.78 is 0. The number of hydrogen-bond acceptors (Lipinski definition) is 4. The number of likely N-dealkylation sites (tertiary alicyclic amines) is 1. The molecule has 1 aliphatic rings. The molecular weight excluding hydrogens is 326 g/mol. The first kappa shape index (κ1) is 18.4. The minimum Gasteiger partial charge on any atom is -0.354 e. The lowest BCUT2D eigenvalue weighted by Gasteiger charge is -2.23. The minimum atomic E-state index is -0.411. The molecule has 1 aromatic rings. The van der Waals surface area contributed by atoms with Crippen molar-refractivity contribution < 1.29 is 14.4 Å². The first-order chi connectivity index (χ1) is 11.5. The largest absolute Gasteiger partial charge is 0.354 e. The fourth-order valence-corrected chi connectivity index (χ4v) is 3.51. The van der Waals surface area contributed by atoms with Crippen molar-refractivity contribution in [2.75, 3.05) is 13.1 Å². The SMILES string of the molecule is CC(C)NC(=O)CCNC(=O)C1CCCN1C(=O)Cc1cccs1. The van der Waals surface area contributed by atoms with Crippen LogP contribution in [0.1, 0.15) is 38.0 Å². The molecule has 0 aliphatic carbocycles. The van der Waals surface area contributed by atoms with E-state index < -0.39 is 6.04 Å². The van der Waals surface area contributed by atoms with Gasteiger partial charge in [0.05, 0.1) is 6.42 Å². The van der Waals surface area contributed by atoms with Crippen LogP contribution in [0.25, 0.3) is 0 Å². The highest BCUT2D eigenvalue weighted by Crippen LogP contribution is 2.20. The summed E-state index contributed by atoms with van der Waals surface area (Å²) in [5.41, 5.74) is 0. The van der Waals surface area contributed by atoms with Gasteiger partial charge in [0.25, 0.3) is 0 Å². The average Bonchev–Trinajstić information content (AvgIpc) is 3.17. The molecule has 1 saturated heterocycles. The van der Waals surface area contributed by atoms with Crippen LogP contribution in [-0.4, -0.2) is 47.8 Å². The lowest BCUT2D eigenvalue weighted by molar-refractivity contribution is -0.138. The quantitative estimate of drug-likeness (QED) is 0.777. The molecule has 7 heteroatoms. The summed E-state index contributed by atoms with van der Waals surface area (Å²) >= 11 is 1.55. The Bertz CT molecular complexity index is 572. The molecule has 3 amide bonds. The van der Waals surface area contributed by atoms with E-state index in [1.165, 1.54) is 0 Å². The lowest BCUT2D eigenvalue weighted by Crippen LogP contribution is -2.47. The van der Waals surface area contributed by atoms with Crippen molar-refractivity contribution in [2.45, 2.75) is 51.6 Å². The fourth-order valence-electron chi connectivity index (χ4n) is 2.81. The molecular formula is C17H25N3O3S. The van der Waals surface area contributed by atoms with Crippen molar-refractivity contribution in [2.24, 2.45) is 0 Å². The van der Waals surface area contributed by atoms with Gasteiger partial charge in [-0.15, -0.1) is 11.3 Å². The molecule has 0 bridgehead atoms. The molecule has 132 valence electrons. The third kappa shape index (κ3) is 5.33. The second-order valence-electron chi connectivity index (χ2n) is 6.26. The maximum absolute atomic E-state index is 12.4. The van der Waals surface area contributed by atoms with Crippen LogP contribution in [0.5, 0.6) is 0 Å². The zero-order valence-corrected chi connectivity index (χ0v) is 15.0. The van der Waals surface area contributed by atoms with E-state index in [0.717, 1.165) is 11.3 Å². The molecule has 2 N–H and O–H groups in total. The molecule has 1 aromatic heterocycles. The molecule has 0 radical (unpaired) electrons. The van der Waals surface area contributed by atoms with Crippen LogP contribution in [0.4, 0.5) is 0 Å². The van der Waals surface area contributed by atoms with E-state index >= 15 is 0 Å². The predicted octanol–water partition coefficient (Wildman–Crippen LogP) is 1.31. The van der Waals surface area contributed by atoms with Gasteiger partial charge in [-0.2, -0.15) is 0 Å². The first-order valence-electron chi connectivity index (χ1n) is 8.36. The van der Waals surface area contributed by atoms with Crippen LogP contribution >= 0.6 is 11.3 Å². The van der Waals surface area contributed by atoms with Crippen LogP contribution in [-0.2, 0) is 20.8 Å². The molecule has 0 saturated carbocycles. The summed E-state index contributed by atoms with van der Waals surface area (Å²) in [6.45, 7) is 4.70. The van der Waals surface area contributed by atoms with Crippen molar-refractivity contribution in [3.8, 4) is 0 Å². The number of carbonyl (C=O) groups is 3. The van der Waals surface area contributed by atoms with Gasteiger partial charge in [0.1, 0.15) is 6.04 Å². The second kappa shape index (κ2) is 8.82. The summed E-state index contributed by atoms with van der Waals surface area (Å²) in [6, 6.07) is 3.53. The van der Waals surface area contributed by atoms with Crippen LogP contribution in [0.15, 0.2) is 17.5 Å². The number of nitrogens with zero attached hydrogens (tertiary/aromatic N) is 1. The van der Waals surface area contributed by atoms with E-state index in [1.54, 1.807) is 16.2 Å². The first-order valence-corrected chi connectivity index (χ1v) is 9.24. The summed E-state index contributed by atoms with van der Waals surface area (Å²) in [7, 11) is 0. The molecule has 1 unspecified atom stereocenters. The maximum atomic E-state index is 12.4. The van der Waals surface area contributed by atoms with Crippen molar-refractivity contribution in [1.29, 1.82) is 0 Å². The number of amides is 3. The molecule has 6 nitrogen and oxygen atoms in total. The molecule has 1 atom stereocenters. The molecule has 0 spiro atoms. The fraction of sp³-hybridized carbons (Fsp3) is 0.588. The third-order valence-electron chi connectivity index (χ3n) is 3.88. The van der Waals surface area contributed by atoms with Gasteiger partial charge in [0.2, 0.25) is 17.7 Å². The van der Waals surface area contributed by atoms with Crippen molar-refractivity contribution >= 4 is 29.1 Å². The number of rotatable bonds is 7. The highest BCUT2D eigenvalue weighted by molar-refractivity contribution is 7.10. The molecule has 2 rings (SSSR count). The van der Waals surface area contributed by atoms with Gasteiger partial charge in [-0.3, -0.25) is 14.4 Å². The smallest absolute Gasteiger partial charge is 0.242 e.